The minimum atomic E-state index is -4.15. The van der Waals surface area contributed by atoms with E-state index in [1.165, 1.54) is 24.3 Å². The van der Waals surface area contributed by atoms with Crippen LogP contribution in [0.3, 0.4) is 0 Å². The lowest BCUT2D eigenvalue weighted by Gasteiger charge is -2.33. The number of rotatable bonds is 5. The van der Waals surface area contributed by atoms with E-state index in [1.807, 2.05) is 0 Å². The van der Waals surface area contributed by atoms with Crippen molar-refractivity contribution >= 4 is 10.0 Å². The van der Waals surface area contributed by atoms with E-state index in [1.54, 1.807) is 4.90 Å². The van der Waals surface area contributed by atoms with Crippen molar-refractivity contribution < 1.29 is 26.3 Å². The van der Waals surface area contributed by atoms with Crippen molar-refractivity contribution in [2.24, 2.45) is 11.1 Å². The van der Waals surface area contributed by atoms with Crippen LogP contribution in [0, 0.1) is 5.92 Å². The van der Waals surface area contributed by atoms with Crippen molar-refractivity contribution in [1.82, 2.24) is 4.90 Å². The summed E-state index contributed by atoms with van der Waals surface area (Å²) in [5.74, 6) is -0.827. The van der Waals surface area contributed by atoms with Crippen LogP contribution < -0.4 is 9.88 Å². The van der Waals surface area contributed by atoms with E-state index in [0.717, 1.165) is 0 Å². The van der Waals surface area contributed by atoms with Gasteiger partial charge in [-0.3, -0.25) is 4.90 Å². The molecule has 1 aliphatic rings. The maximum absolute atomic E-state index is 12.7. The molecule has 2 N–H and O–H groups in total. The van der Waals surface area contributed by atoms with Gasteiger partial charge in [-0.2, -0.15) is 13.2 Å². The molecule has 1 fully saturated rings. The second-order valence-corrected chi connectivity index (χ2v) is 7.11. The van der Waals surface area contributed by atoms with E-state index in [4.69, 9.17) is 9.88 Å². The van der Waals surface area contributed by atoms with Gasteiger partial charge in [0.25, 0.3) is 0 Å². The molecule has 1 aromatic rings. The molecule has 1 heterocycles. The minimum absolute atomic E-state index is 0.00276. The predicted molar refractivity (Wildman–Crippen MR) is 78.5 cm³/mol. The smallest absolute Gasteiger partial charge is 0.393 e. The highest BCUT2D eigenvalue weighted by Gasteiger charge is 2.41. The number of alkyl halides is 3. The molecule has 0 saturated carbocycles. The summed E-state index contributed by atoms with van der Waals surface area (Å²) in [5.41, 5.74) is 0. The molecule has 23 heavy (non-hydrogen) atoms. The van der Waals surface area contributed by atoms with Crippen LogP contribution in [-0.2, 0) is 10.0 Å². The first-order valence-corrected chi connectivity index (χ1v) is 8.75. The van der Waals surface area contributed by atoms with Crippen LogP contribution in [0.1, 0.15) is 12.8 Å². The summed E-state index contributed by atoms with van der Waals surface area (Å²) >= 11 is 0. The average molecular weight is 352 g/mol. The zero-order valence-electron chi connectivity index (χ0n) is 12.4. The fourth-order valence-electron chi connectivity index (χ4n) is 2.54. The van der Waals surface area contributed by atoms with Gasteiger partial charge in [0, 0.05) is 13.1 Å². The molecule has 0 amide bonds. The van der Waals surface area contributed by atoms with Crippen LogP contribution in [0.25, 0.3) is 0 Å². The summed E-state index contributed by atoms with van der Waals surface area (Å²) in [6, 6.07) is 5.58. The van der Waals surface area contributed by atoms with Crippen LogP contribution in [0.5, 0.6) is 5.75 Å². The average Bonchev–Trinajstić information content (AvgIpc) is 2.46. The molecular formula is C14H19F3N2O3S. The quantitative estimate of drug-likeness (QED) is 0.880. The predicted octanol–water partition coefficient (Wildman–Crippen LogP) is 1.99. The van der Waals surface area contributed by atoms with Crippen molar-refractivity contribution in [3.63, 3.8) is 0 Å². The molecule has 0 aliphatic carbocycles. The van der Waals surface area contributed by atoms with Gasteiger partial charge in [-0.15, -0.1) is 0 Å². The molecule has 1 aromatic carbocycles. The Bertz CT molecular complexity index is 617. The van der Waals surface area contributed by atoms with Gasteiger partial charge in [-0.1, -0.05) is 0 Å². The lowest BCUT2D eigenvalue weighted by Crippen LogP contribution is -2.43. The highest BCUT2D eigenvalue weighted by molar-refractivity contribution is 7.89. The van der Waals surface area contributed by atoms with E-state index in [-0.39, 0.29) is 24.5 Å². The SMILES string of the molecule is NS(=O)(=O)c1ccc(OCCN2CCCC(C(F)(F)F)C2)cc1. The Morgan fingerprint density at radius 3 is 2.48 bits per heavy atom. The molecule has 0 spiro atoms. The van der Waals surface area contributed by atoms with Crippen molar-refractivity contribution in [2.45, 2.75) is 23.9 Å². The number of nitrogens with zero attached hydrogens (tertiary/aromatic N) is 1. The Morgan fingerprint density at radius 2 is 1.91 bits per heavy atom. The second kappa shape index (κ2) is 7.06. The molecule has 0 radical (unpaired) electrons. The Balaban J connectivity index is 1.81. The van der Waals surface area contributed by atoms with Gasteiger partial charge < -0.3 is 4.74 Å². The van der Waals surface area contributed by atoms with Crippen LogP contribution >= 0.6 is 0 Å². The number of benzene rings is 1. The molecule has 0 bridgehead atoms. The number of halogens is 3. The number of hydrogen-bond donors (Lipinski definition) is 1. The molecule has 9 heteroatoms. The third-order valence-corrected chi connectivity index (χ3v) is 4.73. The standard InChI is InChI=1S/C14H19F3N2O3S/c15-14(16,17)11-2-1-7-19(10-11)8-9-22-12-3-5-13(6-4-12)23(18,20)21/h3-6,11H,1-2,7-10H2,(H2,18,20,21). The normalized spacial score (nSPS) is 20.4. The van der Waals surface area contributed by atoms with Gasteiger partial charge in [0.05, 0.1) is 10.8 Å². The van der Waals surface area contributed by atoms with Gasteiger partial charge >= 0.3 is 6.18 Å². The molecule has 1 aliphatic heterocycles. The zero-order valence-corrected chi connectivity index (χ0v) is 13.2. The number of sulfonamides is 1. The Kier molecular flexibility index (Phi) is 5.53. The molecule has 130 valence electrons. The Labute approximate surface area is 133 Å². The fraction of sp³-hybridized carbons (Fsp3) is 0.571. The van der Waals surface area contributed by atoms with Gasteiger partial charge in [-0.25, -0.2) is 13.6 Å². The van der Waals surface area contributed by atoms with E-state index in [9.17, 15) is 21.6 Å². The van der Waals surface area contributed by atoms with E-state index in [0.29, 0.717) is 25.3 Å². The maximum Gasteiger partial charge on any atom is 0.393 e. The van der Waals surface area contributed by atoms with Crippen LogP contribution in [-0.4, -0.2) is 45.7 Å². The summed E-state index contributed by atoms with van der Waals surface area (Å²) in [5, 5.41) is 4.99. The first-order chi connectivity index (χ1) is 10.7. The molecule has 5 nitrogen and oxygen atoms in total. The number of likely N-dealkylation sites (tertiary alicyclic amines) is 1. The van der Waals surface area contributed by atoms with Crippen molar-refractivity contribution in [3.05, 3.63) is 24.3 Å². The van der Waals surface area contributed by atoms with Crippen molar-refractivity contribution in [1.29, 1.82) is 0 Å². The fourth-order valence-corrected chi connectivity index (χ4v) is 3.06. The van der Waals surface area contributed by atoms with Gasteiger partial charge in [0.1, 0.15) is 12.4 Å². The number of piperidine rings is 1. The number of primary sulfonamides is 1. The Hall–Kier alpha value is -1.32. The second-order valence-electron chi connectivity index (χ2n) is 5.55. The first-order valence-electron chi connectivity index (χ1n) is 7.21. The number of ether oxygens (including phenoxy) is 1. The lowest BCUT2D eigenvalue weighted by molar-refractivity contribution is -0.186. The summed E-state index contributed by atoms with van der Waals surface area (Å²) < 4.78 is 65.8. The Morgan fingerprint density at radius 1 is 1.26 bits per heavy atom. The molecular weight excluding hydrogens is 333 g/mol. The maximum atomic E-state index is 12.7. The summed E-state index contributed by atoms with van der Waals surface area (Å²) in [6.07, 6.45) is -3.45. The summed E-state index contributed by atoms with van der Waals surface area (Å²) in [7, 11) is -3.75. The molecule has 0 aromatic heterocycles. The molecule has 1 saturated heterocycles. The topological polar surface area (TPSA) is 72.6 Å². The monoisotopic (exact) mass is 352 g/mol. The van der Waals surface area contributed by atoms with Crippen LogP contribution in [0.4, 0.5) is 13.2 Å². The third-order valence-electron chi connectivity index (χ3n) is 3.80. The highest BCUT2D eigenvalue weighted by Crippen LogP contribution is 2.32. The zero-order chi connectivity index (χ0) is 17.1. The van der Waals surface area contributed by atoms with E-state index < -0.39 is 22.1 Å². The van der Waals surface area contributed by atoms with Gasteiger partial charge in [0.15, 0.2) is 0 Å². The van der Waals surface area contributed by atoms with E-state index >= 15 is 0 Å². The highest BCUT2D eigenvalue weighted by atomic mass is 32.2. The van der Waals surface area contributed by atoms with Gasteiger partial charge in [0.2, 0.25) is 10.0 Å². The largest absolute Gasteiger partial charge is 0.492 e. The van der Waals surface area contributed by atoms with E-state index in [2.05, 4.69) is 0 Å². The van der Waals surface area contributed by atoms with Crippen molar-refractivity contribution in [2.75, 3.05) is 26.2 Å². The lowest BCUT2D eigenvalue weighted by atomic mass is 9.98. The molecule has 1 unspecified atom stereocenters. The third kappa shape index (κ3) is 5.36. The van der Waals surface area contributed by atoms with Crippen LogP contribution in [0.15, 0.2) is 29.2 Å². The molecule has 1 atom stereocenters. The van der Waals surface area contributed by atoms with Crippen molar-refractivity contribution in [3.8, 4) is 5.75 Å². The number of hydrogen-bond acceptors (Lipinski definition) is 4. The van der Waals surface area contributed by atoms with Crippen LogP contribution in [0.2, 0.25) is 0 Å². The van der Waals surface area contributed by atoms with Gasteiger partial charge in [-0.05, 0) is 43.7 Å². The summed E-state index contributed by atoms with van der Waals surface area (Å²) in [4.78, 5) is 1.72. The molecule has 2 rings (SSSR count). The first kappa shape index (κ1) is 18.0. The summed E-state index contributed by atoms with van der Waals surface area (Å²) in [6.45, 7) is 1.25. The number of nitrogens with two attached hydrogens (primary N) is 1. The minimum Gasteiger partial charge on any atom is -0.492 e.